The van der Waals surface area contributed by atoms with E-state index in [2.05, 4.69) is 0 Å². The molecule has 0 radical (unpaired) electrons. The third kappa shape index (κ3) is 1.87. The zero-order valence-electron chi connectivity index (χ0n) is 14.5. The van der Waals surface area contributed by atoms with Crippen LogP contribution in [0, 0.1) is 13.8 Å². The maximum Gasteiger partial charge on any atom is 0.204 e. The van der Waals surface area contributed by atoms with Gasteiger partial charge in [-0.3, -0.25) is 19.2 Å². The fraction of sp³-hybridized carbons (Fsp3) is 0.0909. The van der Waals surface area contributed by atoms with E-state index in [0.717, 1.165) is 11.3 Å². The van der Waals surface area contributed by atoms with Gasteiger partial charge in [0.25, 0.3) is 0 Å². The summed E-state index contributed by atoms with van der Waals surface area (Å²) >= 11 is 0.965. The highest BCUT2D eigenvalue weighted by Gasteiger charge is 2.22. The van der Waals surface area contributed by atoms with E-state index in [4.69, 9.17) is 0 Å². The zero-order chi connectivity index (χ0) is 19.0. The first-order chi connectivity index (χ1) is 12.9. The highest BCUT2D eigenvalue weighted by molar-refractivity contribution is 7.25. The molecule has 0 aliphatic carbocycles. The molecule has 0 N–H and O–H groups in total. The van der Waals surface area contributed by atoms with E-state index in [9.17, 15) is 19.2 Å². The van der Waals surface area contributed by atoms with E-state index in [1.807, 2.05) is 0 Å². The predicted molar refractivity (Wildman–Crippen MR) is 111 cm³/mol. The molecule has 1 aromatic heterocycles. The summed E-state index contributed by atoms with van der Waals surface area (Å²) < 4.78 is 0.387. The quantitative estimate of drug-likeness (QED) is 0.418. The van der Waals surface area contributed by atoms with Crippen LogP contribution in [0.5, 0.6) is 0 Å². The van der Waals surface area contributed by atoms with Gasteiger partial charge >= 0.3 is 0 Å². The number of hydrogen-bond acceptors (Lipinski definition) is 5. The van der Waals surface area contributed by atoms with Crippen LogP contribution in [0.2, 0.25) is 0 Å². The molecule has 0 unspecified atom stereocenters. The summed E-state index contributed by atoms with van der Waals surface area (Å²) in [7, 11) is 0. The zero-order valence-corrected chi connectivity index (χ0v) is 15.3. The van der Waals surface area contributed by atoms with Crippen LogP contribution >= 0.6 is 11.3 Å². The van der Waals surface area contributed by atoms with Gasteiger partial charge in [-0.05, 0) is 25.0 Å². The van der Waals surface area contributed by atoms with Crippen molar-refractivity contribution in [3.8, 4) is 0 Å². The van der Waals surface area contributed by atoms with E-state index >= 15 is 0 Å². The Balaban J connectivity index is 2.25. The van der Waals surface area contributed by atoms with Gasteiger partial charge in [0.2, 0.25) is 10.9 Å². The van der Waals surface area contributed by atoms with Gasteiger partial charge in [-0.15, -0.1) is 11.3 Å². The number of aryl methyl sites for hydroxylation is 2. The van der Waals surface area contributed by atoms with Crippen molar-refractivity contribution < 1.29 is 0 Å². The lowest BCUT2D eigenvalue weighted by molar-refractivity contribution is 1.51. The Bertz CT molecular complexity index is 1540. The Hall–Kier alpha value is -3.18. The molecule has 0 aliphatic heterocycles. The van der Waals surface area contributed by atoms with Crippen LogP contribution < -0.4 is 21.7 Å². The minimum absolute atomic E-state index is 0.0867. The summed E-state index contributed by atoms with van der Waals surface area (Å²) in [5, 5.41) is 1.49. The van der Waals surface area contributed by atoms with Crippen molar-refractivity contribution in [2.45, 2.75) is 13.8 Å². The van der Waals surface area contributed by atoms with Crippen molar-refractivity contribution in [1.82, 2.24) is 0 Å². The third-order valence-corrected chi connectivity index (χ3v) is 6.45. The molecule has 4 aromatic carbocycles. The summed E-state index contributed by atoms with van der Waals surface area (Å²) in [6, 6.07) is 10.2. The molecule has 0 saturated carbocycles. The normalized spacial score (nSPS) is 11.9. The molecule has 0 saturated heterocycles. The Morgan fingerprint density at radius 3 is 1.37 bits per heavy atom. The fourth-order valence-electron chi connectivity index (χ4n) is 4.00. The lowest BCUT2D eigenvalue weighted by Gasteiger charge is -2.01. The summed E-state index contributed by atoms with van der Waals surface area (Å²) in [6.45, 7) is 3.55. The predicted octanol–water partition coefficient (Wildman–Crippen LogP) is 3.29. The van der Waals surface area contributed by atoms with Crippen molar-refractivity contribution in [3.63, 3.8) is 0 Å². The molecule has 0 spiro atoms. The van der Waals surface area contributed by atoms with Crippen molar-refractivity contribution >= 4 is 53.1 Å². The van der Waals surface area contributed by atoms with Crippen molar-refractivity contribution in [2.75, 3.05) is 0 Å². The lowest BCUT2D eigenvalue weighted by atomic mass is 9.98. The molecule has 1 heterocycles. The summed E-state index contributed by atoms with van der Waals surface area (Å²) in [4.78, 5) is 52.5. The maximum atomic E-state index is 13.2. The molecule has 4 nitrogen and oxygen atoms in total. The van der Waals surface area contributed by atoms with Gasteiger partial charge in [0, 0.05) is 21.5 Å². The number of hydrogen-bond donors (Lipinski definition) is 0. The SMILES string of the molecule is Cc1cccc2c(=O)c3c(sc4c(=O)c5c(C)cccc5c(=O)c43)c(=O)c12. The molecule has 27 heavy (non-hydrogen) atoms. The van der Waals surface area contributed by atoms with E-state index in [1.54, 1.807) is 50.2 Å². The molecule has 0 atom stereocenters. The number of thiophene rings is 1. The topological polar surface area (TPSA) is 68.3 Å². The average molecular weight is 372 g/mol. The van der Waals surface area contributed by atoms with E-state index in [1.165, 1.54) is 0 Å². The smallest absolute Gasteiger partial charge is 0.204 e. The number of rotatable bonds is 0. The Kier molecular flexibility index (Phi) is 3.07. The van der Waals surface area contributed by atoms with Gasteiger partial charge in [-0.1, -0.05) is 36.4 Å². The largest absolute Gasteiger partial charge is 0.289 e. The second-order valence-electron chi connectivity index (χ2n) is 6.82. The highest BCUT2D eigenvalue weighted by Crippen LogP contribution is 2.29. The molecule has 0 bridgehead atoms. The van der Waals surface area contributed by atoms with Gasteiger partial charge in [0.15, 0.2) is 10.9 Å². The third-order valence-electron chi connectivity index (χ3n) is 5.26. The van der Waals surface area contributed by atoms with Crippen LogP contribution in [0.4, 0.5) is 0 Å². The van der Waals surface area contributed by atoms with E-state index < -0.39 is 0 Å². The average Bonchev–Trinajstić information content (AvgIpc) is 3.05. The fourth-order valence-corrected chi connectivity index (χ4v) is 5.18. The first-order valence-corrected chi connectivity index (χ1v) is 9.28. The van der Waals surface area contributed by atoms with Crippen LogP contribution in [0.3, 0.4) is 0 Å². The molecule has 5 aromatic rings. The maximum absolute atomic E-state index is 13.2. The molecule has 130 valence electrons. The molecule has 0 aliphatic rings. The molecule has 5 heteroatoms. The van der Waals surface area contributed by atoms with Crippen molar-refractivity contribution in [2.24, 2.45) is 0 Å². The van der Waals surface area contributed by atoms with Crippen molar-refractivity contribution in [1.29, 1.82) is 0 Å². The molecule has 0 fully saturated rings. The van der Waals surface area contributed by atoms with Gasteiger partial charge in [0.1, 0.15) is 0 Å². The van der Waals surface area contributed by atoms with Gasteiger partial charge < -0.3 is 0 Å². The minimum Gasteiger partial charge on any atom is -0.289 e. The summed E-state index contributed by atoms with van der Waals surface area (Å²) in [6.07, 6.45) is 0. The van der Waals surface area contributed by atoms with Crippen molar-refractivity contribution in [3.05, 3.63) is 88.4 Å². The lowest BCUT2D eigenvalue weighted by Crippen LogP contribution is -2.16. The second kappa shape index (κ2) is 5.18. The van der Waals surface area contributed by atoms with Crippen LogP contribution in [0.15, 0.2) is 55.6 Å². The van der Waals surface area contributed by atoms with E-state index in [-0.39, 0.29) is 41.9 Å². The Morgan fingerprint density at radius 1 is 0.556 bits per heavy atom. The van der Waals surface area contributed by atoms with Crippen LogP contribution in [-0.4, -0.2) is 0 Å². The van der Waals surface area contributed by atoms with Gasteiger partial charge in [-0.2, -0.15) is 0 Å². The monoisotopic (exact) mass is 372 g/mol. The Labute approximate surface area is 155 Å². The molecular weight excluding hydrogens is 360 g/mol. The Morgan fingerprint density at radius 2 is 0.963 bits per heavy atom. The standard InChI is InChI=1S/C22H12O4S/c1-9-5-3-7-11-13(9)19(25)21-15(17(11)23)16-18(24)12-8-4-6-10(2)14(12)20(26)22(16)27-21/h3-8H,1-2H3. The van der Waals surface area contributed by atoms with Gasteiger partial charge in [-0.25, -0.2) is 0 Å². The van der Waals surface area contributed by atoms with Gasteiger partial charge in [0.05, 0.1) is 20.2 Å². The molecular formula is C22H12O4S. The highest BCUT2D eigenvalue weighted by atomic mass is 32.1. The number of benzene rings is 4. The van der Waals surface area contributed by atoms with Crippen LogP contribution in [0.25, 0.3) is 41.7 Å². The molecule has 0 amide bonds. The van der Waals surface area contributed by atoms with E-state index in [0.29, 0.717) is 32.7 Å². The first kappa shape index (κ1) is 16.0. The molecule has 5 rings (SSSR count). The summed E-state index contributed by atoms with van der Waals surface area (Å²) in [5.41, 5.74) is 0.104. The summed E-state index contributed by atoms with van der Waals surface area (Å²) in [5.74, 6) is 0. The second-order valence-corrected chi connectivity index (χ2v) is 7.84. The van der Waals surface area contributed by atoms with Crippen LogP contribution in [0.1, 0.15) is 11.1 Å². The minimum atomic E-state index is -0.363. The van der Waals surface area contributed by atoms with Crippen LogP contribution in [-0.2, 0) is 0 Å². The first-order valence-electron chi connectivity index (χ1n) is 8.46. The number of fused-ring (bicyclic) bond motifs is 5.